The summed E-state index contributed by atoms with van der Waals surface area (Å²) >= 11 is 7.25. The van der Waals surface area contributed by atoms with E-state index in [2.05, 4.69) is 5.32 Å². The normalized spacial score (nSPS) is 12.0. The molecule has 12 heteroatoms. The third-order valence-electron chi connectivity index (χ3n) is 3.94. The number of benzene rings is 2. The van der Waals surface area contributed by atoms with Crippen molar-refractivity contribution in [3.8, 4) is 0 Å². The standard InChI is InChI=1S/C20H13ClF6N2O2S/c21-13-1-4-16(5-2-13)32-10-15-3-6-17(31-15)29-18(30)28-14-8-11(19(22,23)24)7-12(9-14)20(25,26)27/h1-9H,10H2,(H2,28,29,30). The van der Waals surface area contributed by atoms with Crippen LogP contribution in [-0.4, -0.2) is 6.03 Å². The van der Waals surface area contributed by atoms with E-state index in [1.165, 1.54) is 17.8 Å². The van der Waals surface area contributed by atoms with Crippen LogP contribution in [0, 0.1) is 0 Å². The minimum absolute atomic E-state index is 0.0275. The number of furan rings is 1. The molecule has 0 atom stereocenters. The zero-order valence-electron chi connectivity index (χ0n) is 15.8. The Labute approximate surface area is 186 Å². The highest BCUT2D eigenvalue weighted by molar-refractivity contribution is 7.98. The highest BCUT2D eigenvalue weighted by Crippen LogP contribution is 2.37. The summed E-state index contributed by atoms with van der Waals surface area (Å²) in [6.07, 6.45) is -10.0. The summed E-state index contributed by atoms with van der Waals surface area (Å²) in [7, 11) is 0. The van der Waals surface area contributed by atoms with Crippen molar-refractivity contribution in [3.05, 3.63) is 76.5 Å². The van der Waals surface area contributed by atoms with E-state index in [1.54, 1.807) is 18.2 Å². The monoisotopic (exact) mass is 494 g/mol. The maximum Gasteiger partial charge on any atom is 0.416 e. The van der Waals surface area contributed by atoms with Gasteiger partial charge in [0.15, 0.2) is 0 Å². The maximum absolute atomic E-state index is 12.9. The van der Waals surface area contributed by atoms with Crippen molar-refractivity contribution in [2.24, 2.45) is 0 Å². The molecule has 2 amide bonds. The first-order valence-electron chi connectivity index (χ1n) is 8.75. The molecule has 3 rings (SSSR count). The number of hydrogen-bond donors (Lipinski definition) is 2. The predicted octanol–water partition coefficient (Wildman–Crippen LogP) is 7.91. The highest BCUT2D eigenvalue weighted by atomic mass is 35.5. The molecule has 0 unspecified atom stereocenters. The molecule has 0 aliphatic carbocycles. The molecule has 2 aromatic carbocycles. The third kappa shape index (κ3) is 6.60. The largest absolute Gasteiger partial charge is 0.444 e. The summed E-state index contributed by atoms with van der Waals surface area (Å²) in [5.41, 5.74) is -3.75. The highest BCUT2D eigenvalue weighted by Gasteiger charge is 2.37. The topological polar surface area (TPSA) is 54.3 Å². The van der Waals surface area contributed by atoms with Gasteiger partial charge in [-0.15, -0.1) is 11.8 Å². The Morgan fingerprint density at radius 3 is 2.03 bits per heavy atom. The number of carbonyl (C=O) groups excluding carboxylic acids is 1. The van der Waals surface area contributed by atoms with E-state index in [0.717, 1.165) is 4.90 Å². The van der Waals surface area contributed by atoms with Gasteiger partial charge in [0.1, 0.15) is 5.76 Å². The van der Waals surface area contributed by atoms with Crippen molar-refractivity contribution in [3.63, 3.8) is 0 Å². The number of halogens is 7. The quantitative estimate of drug-likeness (QED) is 0.280. The van der Waals surface area contributed by atoms with Crippen LogP contribution in [0.15, 0.2) is 63.9 Å². The first-order chi connectivity index (χ1) is 14.9. The molecule has 3 aromatic rings. The summed E-state index contributed by atoms with van der Waals surface area (Å²) in [5, 5.41) is 4.78. The van der Waals surface area contributed by atoms with E-state index in [9.17, 15) is 31.1 Å². The molecular weight excluding hydrogens is 482 g/mol. The van der Waals surface area contributed by atoms with Gasteiger partial charge in [0, 0.05) is 21.7 Å². The van der Waals surface area contributed by atoms with Crippen LogP contribution in [0.25, 0.3) is 0 Å². The number of urea groups is 1. The molecule has 1 heterocycles. The number of carbonyl (C=O) groups is 1. The van der Waals surface area contributed by atoms with Crippen molar-refractivity contribution in [2.75, 3.05) is 10.6 Å². The second-order valence-corrected chi connectivity index (χ2v) is 7.87. The second kappa shape index (κ2) is 9.37. The van der Waals surface area contributed by atoms with Crippen molar-refractivity contribution in [2.45, 2.75) is 23.0 Å². The minimum atomic E-state index is -5.02. The van der Waals surface area contributed by atoms with Gasteiger partial charge in [-0.05, 0) is 48.5 Å². The van der Waals surface area contributed by atoms with Crippen LogP contribution in [0.5, 0.6) is 0 Å². The molecule has 0 spiro atoms. The van der Waals surface area contributed by atoms with E-state index in [4.69, 9.17) is 16.0 Å². The van der Waals surface area contributed by atoms with Crippen LogP contribution in [0.1, 0.15) is 16.9 Å². The van der Waals surface area contributed by atoms with Crippen molar-refractivity contribution in [1.82, 2.24) is 0 Å². The average Bonchev–Trinajstić information content (AvgIpc) is 3.13. The summed E-state index contributed by atoms with van der Waals surface area (Å²) < 4.78 is 82.9. The second-order valence-electron chi connectivity index (χ2n) is 6.38. The summed E-state index contributed by atoms with van der Waals surface area (Å²) in [6.45, 7) is 0. The SMILES string of the molecule is O=C(Nc1cc(C(F)(F)F)cc(C(F)(F)F)c1)Nc1ccc(CSc2ccc(Cl)cc2)o1. The summed E-state index contributed by atoms with van der Waals surface area (Å²) in [4.78, 5) is 13.0. The zero-order valence-corrected chi connectivity index (χ0v) is 17.3. The molecule has 0 bridgehead atoms. The number of thioether (sulfide) groups is 1. The van der Waals surface area contributed by atoms with Crippen LogP contribution < -0.4 is 10.6 Å². The fourth-order valence-electron chi connectivity index (χ4n) is 2.51. The molecule has 2 N–H and O–H groups in total. The van der Waals surface area contributed by atoms with E-state index >= 15 is 0 Å². The van der Waals surface area contributed by atoms with Gasteiger partial charge in [-0.3, -0.25) is 5.32 Å². The molecule has 0 aliphatic heterocycles. The minimum Gasteiger partial charge on any atom is -0.444 e. The van der Waals surface area contributed by atoms with Gasteiger partial charge in [-0.1, -0.05) is 11.6 Å². The molecule has 0 saturated heterocycles. The molecule has 170 valence electrons. The molecular formula is C20H13ClF6N2O2S. The van der Waals surface area contributed by atoms with Gasteiger partial charge in [0.25, 0.3) is 0 Å². The van der Waals surface area contributed by atoms with Gasteiger partial charge >= 0.3 is 18.4 Å². The summed E-state index contributed by atoms with van der Waals surface area (Å²) in [6, 6.07) is 9.78. The van der Waals surface area contributed by atoms with Crippen LogP contribution in [0.4, 0.5) is 42.7 Å². The molecule has 4 nitrogen and oxygen atoms in total. The van der Waals surface area contributed by atoms with Gasteiger partial charge in [0.2, 0.25) is 5.88 Å². The maximum atomic E-state index is 12.9. The summed E-state index contributed by atoms with van der Waals surface area (Å²) in [5.74, 6) is 0.865. The molecule has 0 aliphatic rings. The number of alkyl halides is 6. The van der Waals surface area contributed by atoms with E-state index < -0.39 is 35.2 Å². The number of amides is 2. The Balaban J connectivity index is 1.65. The Morgan fingerprint density at radius 2 is 1.47 bits per heavy atom. The van der Waals surface area contributed by atoms with Gasteiger partial charge < -0.3 is 9.73 Å². The Morgan fingerprint density at radius 1 is 0.875 bits per heavy atom. The fraction of sp³-hybridized carbons (Fsp3) is 0.150. The van der Waals surface area contributed by atoms with E-state index in [-0.39, 0.29) is 12.0 Å². The van der Waals surface area contributed by atoms with Crippen molar-refractivity contribution in [1.29, 1.82) is 0 Å². The molecule has 0 fully saturated rings. The van der Waals surface area contributed by atoms with Crippen LogP contribution >= 0.6 is 23.4 Å². The lowest BCUT2D eigenvalue weighted by Crippen LogP contribution is -2.20. The zero-order chi connectivity index (χ0) is 23.5. The molecule has 32 heavy (non-hydrogen) atoms. The molecule has 0 saturated carbocycles. The molecule has 1 aromatic heterocycles. The van der Waals surface area contributed by atoms with E-state index in [1.807, 2.05) is 17.4 Å². The first kappa shape index (κ1) is 23.9. The van der Waals surface area contributed by atoms with Crippen molar-refractivity contribution >= 4 is 41.0 Å². The molecule has 0 radical (unpaired) electrons. The Kier molecular flexibility index (Phi) is 6.99. The van der Waals surface area contributed by atoms with Crippen LogP contribution in [0.2, 0.25) is 5.02 Å². The average molecular weight is 495 g/mol. The number of anilines is 2. The third-order valence-corrected chi connectivity index (χ3v) is 5.22. The lowest BCUT2D eigenvalue weighted by atomic mass is 10.1. The van der Waals surface area contributed by atoms with E-state index in [0.29, 0.717) is 28.7 Å². The van der Waals surface area contributed by atoms with Crippen molar-refractivity contribution < 1.29 is 35.6 Å². The lowest BCUT2D eigenvalue weighted by molar-refractivity contribution is -0.143. The fourth-order valence-corrected chi connectivity index (χ4v) is 3.43. The van der Waals surface area contributed by atoms with Crippen LogP contribution in [-0.2, 0) is 18.1 Å². The predicted molar refractivity (Wildman–Crippen MR) is 109 cm³/mol. The Hall–Kier alpha value is -2.79. The van der Waals surface area contributed by atoms with Gasteiger partial charge in [-0.2, -0.15) is 26.3 Å². The first-order valence-corrected chi connectivity index (χ1v) is 10.1. The lowest BCUT2D eigenvalue weighted by Gasteiger charge is -2.14. The Bertz CT molecular complexity index is 1060. The van der Waals surface area contributed by atoms with Crippen LogP contribution in [0.3, 0.4) is 0 Å². The van der Waals surface area contributed by atoms with Gasteiger partial charge in [0.05, 0.1) is 16.9 Å². The number of nitrogens with one attached hydrogen (secondary N) is 2. The number of hydrogen-bond acceptors (Lipinski definition) is 3. The number of rotatable bonds is 5. The van der Waals surface area contributed by atoms with Gasteiger partial charge in [-0.25, -0.2) is 4.79 Å². The smallest absolute Gasteiger partial charge is 0.416 e.